The van der Waals surface area contributed by atoms with Gasteiger partial charge in [-0.2, -0.15) is 0 Å². The standard InChI is InChI=1S/C15H29N3O/c1-5-7-16-11-15-12-17-14(4)18(15)8-10-19-9-6-13(2)3/h12-13,16H,5-11H2,1-4H3. The smallest absolute Gasteiger partial charge is 0.105 e. The van der Waals surface area contributed by atoms with Crippen molar-refractivity contribution in [2.45, 2.75) is 53.6 Å². The minimum Gasteiger partial charge on any atom is -0.380 e. The third-order valence-corrected chi connectivity index (χ3v) is 3.17. The number of imidazole rings is 1. The molecule has 4 nitrogen and oxygen atoms in total. The van der Waals surface area contributed by atoms with Crippen LogP contribution in [0.15, 0.2) is 6.20 Å². The lowest BCUT2D eigenvalue weighted by Crippen LogP contribution is -2.18. The van der Waals surface area contributed by atoms with Gasteiger partial charge >= 0.3 is 0 Å². The average Bonchev–Trinajstić information content (AvgIpc) is 2.71. The fourth-order valence-corrected chi connectivity index (χ4v) is 1.93. The van der Waals surface area contributed by atoms with Crippen LogP contribution in [-0.2, 0) is 17.8 Å². The lowest BCUT2D eigenvalue weighted by atomic mass is 10.1. The minimum atomic E-state index is 0.712. The highest BCUT2D eigenvalue weighted by molar-refractivity contribution is 5.04. The third-order valence-electron chi connectivity index (χ3n) is 3.17. The summed E-state index contributed by atoms with van der Waals surface area (Å²) in [6, 6.07) is 0. The van der Waals surface area contributed by atoms with Crippen molar-refractivity contribution in [1.82, 2.24) is 14.9 Å². The summed E-state index contributed by atoms with van der Waals surface area (Å²) < 4.78 is 7.93. The van der Waals surface area contributed by atoms with Crippen LogP contribution in [0.1, 0.15) is 45.1 Å². The number of nitrogens with zero attached hydrogens (tertiary/aromatic N) is 2. The van der Waals surface area contributed by atoms with Gasteiger partial charge in [-0.15, -0.1) is 0 Å². The fourth-order valence-electron chi connectivity index (χ4n) is 1.93. The second kappa shape index (κ2) is 9.10. The summed E-state index contributed by atoms with van der Waals surface area (Å²) in [6.07, 6.45) is 4.26. The molecule has 0 unspecified atom stereocenters. The van der Waals surface area contributed by atoms with E-state index in [4.69, 9.17) is 4.74 Å². The Morgan fingerprint density at radius 1 is 1.37 bits per heavy atom. The molecule has 1 rings (SSSR count). The molecule has 4 heteroatoms. The van der Waals surface area contributed by atoms with Gasteiger partial charge in [-0.1, -0.05) is 20.8 Å². The van der Waals surface area contributed by atoms with Crippen LogP contribution in [0, 0.1) is 12.8 Å². The fraction of sp³-hybridized carbons (Fsp3) is 0.800. The molecule has 1 heterocycles. The first-order valence-electron chi connectivity index (χ1n) is 7.44. The van der Waals surface area contributed by atoms with Gasteiger partial charge in [0.1, 0.15) is 5.82 Å². The van der Waals surface area contributed by atoms with E-state index in [0.29, 0.717) is 5.92 Å². The van der Waals surface area contributed by atoms with Gasteiger partial charge in [0.2, 0.25) is 0 Å². The van der Waals surface area contributed by atoms with Crippen molar-refractivity contribution in [3.63, 3.8) is 0 Å². The summed E-state index contributed by atoms with van der Waals surface area (Å²) in [4.78, 5) is 4.39. The van der Waals surface area contributed by atoms with Crippen molar-refractivity contribution in [2.75, 3.05) is 19.8 Å². The van der Waals surface area contributed by atoms with Crippen LogP contribution in [-0.4, -0.2) is 29.3 Å². The van der Waals surface area contributed by atoms with Crippen LogP contribution in [0.2, 0.25) is 0 Å². The van der Waals surface area contributed by atoms with E-state index in [1.54, 1.807) is 0 Å². The summed E-state index contributed by atoms with van der Waals surface area (Å²) in [5, 5.41) is 3.42. The first-order valence-corrected chi connectivity index (χ1v) is 7.44. The van der Waals surface area contributed by atoms with Crippen molar-refractivity contribution in [3.8, 4) is 0 Å². The van der Waals surface area contributed by atoms with Crippen LogP contribution in [0.4, 0.5) is 0 Å². The molecule has 0 aliphatic carbocycles. The van der Waals surface area contributed by atoms with E-state index in [-0.39, 0.29) is 0 Å². The summed E-state index contributed by atoms with van der Waals surface area (Å²) >= 11 is 0. The van der Waals surface area contributed by atoms with Crippen molar-refractivity contribution in [2.24, 2.45) is 5.92 Å². The van der Waals surface area contributed by atoms with Gasteiger partial charge in [-0.05, 0) is 32.2 Å². The molecule has 0 aliphatic heterocycles. The third kappa shape index (κ3) is 6.21. The van der Waals surface area contributed by atoms with E-state index in [1.807, 2.05) is 6.20 Å². The molecule has 0 amide bonds. The molecule has 0 aromatic carbocycles. The Balaban J connectivity index is 2.33. The second-order valence-corrected chi connectivity index (χ2v) is 5.42. The molecule has 110 valence electrons. The Morgan fingerprint density at radius 2 is 2.16 bits per heavy atom. The molecule has 0 spiro atoms. The molecular formula is C15H29N3O. The predicted molar refractivity (Wildman–Crippen MR) is 79.2 cm³/mol. The lowest BCUT2D eigenvalue weighted by Gasteiger charge is -2.12. The van der Waals surface area contributed by atoms with Gasteiger partial charge in [-0.3, -0.25) is 0 Å². The second-order valence-electron chi connectivity index (χ2n) is 5.42. The summed E-state index contributed by atoms with van der Waals surface area (Å²) in [7, 11) is 0. The van der Waals surface area contributed by atoms with Gasteiger partial charge in [0.15, 0.2) is 0 Å². The van der Waals surface area contributed by atoms with E-state index in [0.717, 1.165) is 51.5 Å². The topological polar surface area (TPSA) is 39.1 Å². The highest BCUT2D eigenvalue weighted by Gasteiger charge is 2.05. The maximum atomic E-state index is 5.68. The maximum absolute atomic E-state index is 5.68. The van der Waals surface area contributed by atoms with Crippen molar-refractivity contribution in [3.05, 3.63) is 17.7 Å². The van der Waals surface area contributed by atoms with E-state index >= 15 is 0 Å². The van der Waals surface area contributed by atoms with Gasteiger partial charge in [0.05, 0.1) is 12.3 Å². The normalized spacial score (nSPS) is 11.4. The number of rotatable bonds is 10. The molecule has 19 heavy (non-hydrogen) atoms. The molecule has 1 N–H and O–H groups in total. The van der Waals surface area contributed by atoms with Crippen LogP contribution in [0.3, 0.4) is 0 Å². The predicted octanol–water partition coefficient (Wildman–Crippen LogP) is 2.75. The highest BCUT2D eigenvalue weighted by Crippen LogP contribution is 2.05. The SMILES string of the molecule is CCCNCc1cnc(C)n1CCOCCC(C)C. The number of nitrogens with one attached hydrogen (secondary N) is 1. The maximum Gasteiger partial charge on any atom is 0.105 e. The molecule has 1 aromatic heterocycles. The first kappa shape index (κ1) is 16.2. The van der Waals surface area contributed by atoms with E-state index in [9.17, 15) is 0 Å². The van der Waals surface area contributed by atoms with Gasteiger partial charge in [0.25, 0.3) is 0 Å². The molecule has 0 atom stereocenters. The van der Waals surface area contributed by atoms with Crippen LogP contribution in [0.25, 0.3) is 0 Å². The monoisotopic (exact) mass is 267 g/mol. The first-order chi connectivity index (χ1) is 9.15. The molecule has 0 aliphatic rings. The number of aryl methyl sites for hydroxylation is 1. The molecule has 0 fully saturated rings. The van der Waals surface area contributed by atoms with Gasteiger partial charge in [0, 0.05) is 25.9 Å². The number of hydrogen-bond acceptors (Lipinski definition) is 3. The number of ether oxygens (including phenoxy) is 1. The number of hydrogen-bond donors (Lipinski definition) is 1. The molecule has 0 bridgehead atoms. The van der Waals surface area contributed by atoms with Crippen LogP contribution in [0.5, 0.6) is 0 Å². The van der Waals surface area contributed by atoms with Gasteiger partial charge < -0.3 is 14.6 Å². The highest BCUT2D eigenvalue weighted by atomic mass is 16.5. The van der Waals surface area contributed by atoms with Crippen LogP contribution < -0.4 is 5.32 Å². The summed E-state index contributed by atoms with van der Waals surface area (Å²) in [5.41, 5.74) is 1.25. The van der Waals surface area contributed by atoms with Crippen molar-refractivity contribution >= 4 is 0 Å². The Hall–Kier alpha value is -0.870. The molecule has 0 saturated carbocycles. The Morgan fingerprint density at radius 3 is 2.84 bits per heavy atom. The Bertz CT molecular complexity index is 347. The van der Waals surface area contributed by atoms with E-state index in [1.165, 1.54) is 5.69 Å². The number of aromatic nitrogens is 2. The van der Waals surface area contributed by atoms with Crippen molar-refractivity contribution < 1.29 is 4.74 Å². The van der Waals surface area contributed by atoms with Crippen LogP contribution >= 0.6 is 0 Å². The summed E-state index contributed by atoms with van der Waals surface area (Å²) in [6.45, 7) is 13.1. The lowest BCUT2D eigenvalue weighted by molar-refractivity contribution is 0.115. The summed E-state index contributed by atoms with van der Waals surface area (Å²) in [5.74, 6) is 1.78. The zero-order valence-corrected chi connectivity index (χ0v) is 12.9. The van der Waals surface area contributed by atoms with Gasteiger partial charge in [-0.25, -0.2) is 4.98 Å². The van der Waals surface area contributed by atoms with Crippen molar-refractivity contribution in [1.29, 1.82) is 0 Å². The quantitative estimate of drug-likeness (QED) is 0.663. The molecule has 0 saturated heterocycles. The average molecular weight is 267 g/mol. The molecule has 1 aromatic rings. The van der Waals surface area contributed by atoms with E-state index < -0.39 is 0 Å². The minimum absolute atomic E-state index is 0.712. The zero-order valence-electron chi connectivity index (χ0n) is 12.9. The Kier molecular flexibility index (Phi) is 7.75. The molecular weight excluding hydrogens is 238 g/mol. The van der Waals surface area contributed by atoms with E-state index in [2.05, 4.69) is 42.6 Å². The molecule has 0 radical (unpaired) electrons. The largest absolute Gasteiger partial charge is 0.380 e. The Labute approximate surface area is 117 Å². The zero-order chi connectivity index (χ0) is 14.1.